The molecule has 3 heteroatoms. The van der Waals surface area contributed by atoms with Gasteiger partial charge in [0, 0.05) is 30.4 Å². The van der Waals surface area contributed by atoms with Gasteiger partial charge in [0.25, 0.3) is 0 Å². The lowest BCUT2D eigenvalue weighted by Crippen LogP contribution is -2.25. The Morgan fingerprint density at radius 2 is 2.09 bits per heavy atom. The van der Waals surface area contributed by atoms with Crippen LogP contribution in [0.4, 0.5) is 0 Å². The maximum absolute atomic E-state index is 4.59. The van der Waals surface area contributed by atoms with Crippen LogP contribution in [0.25, 0.3) is 0 Å². The van der Waals surface area contributed by atoms with E-state index in [-0.39, 0.29) is 0 Å². The van der Waals surface area contributed by atoms with Crippen molar-refractivity contribution in [1.82, 2.24) is 15.1 Å². The monoisotopic (exact) mass is 297 g/mol. The Hall–Kier alpha value is -1.61. The van der Waals surface area contributed by atoms with E-state index in [1.54, 1.807) is 0 Å². The zero-order valence-electron chi connectivity index (χ0n) is 14.4. The Kier molecular flexibility index (Phi) is 4.09. The highest BCUT2D eigenvalue weighted by atomic mass is 15.3. The molecule has 0 amide bonds. The lowest BCUT2D eigenvalue weighted by Gasteiger charge is -2.23. The Balaban J connectivity index is 1.88. The average Bonchev–Trinajstić information content (AvgIpc) is 2.98. The summed E-state index contributed by atoms with van der Waals surface area (Å²) in [6.45, 7) is 8.74. The Morgan fingerprint density at radius 1 is 1.32 bits per heavy atom. The van der Waals surface area contributed by atoms with Crippen LogP contribution in [0.1, 0.15) is 65.5 Å². The topological polar surface area (TPSA) is 29.9 Å². The molecule has 0 bridgehead atoms. The number of aromatic nitrogens is 2. The summed E-state index contributed by atoms with van der Waals surface area (Å²) in [6.07, 6.45) is 3.48. The van der Waals surface area contributed by atoms with Crippen LogP contribution in [-0.2, 0) is 13.5 Å². The highest BCUT2D eigenvalue weighted by molar-refractivity contribution is 5.38. The SMILES string of the molecule is CC[C@H](N[C@H]1CCc2ccc(C)cc21)c1c(C)nn(C)c1C. The van der Waals surface area contributed by atoms with E-state index in [2.05, 4.69) is 56.3 Å². The summed E-state index contributed by atoms with van der Waals surface area (Å²) >= 11 is 0. The van der Waals surface area contributed by atoms with E-state index in [1.807, 2.05) is 11.7 Å². The first-order valence-electron chi connectivity index (χ1n) is 8.36. The van der Waals surface area contributed by atoms with E-state index in [1.165, 1.54) is 40.8 Å². The predicted molar refractivity (Wildman–Crippen MR) is 91.1 cm³/mol. The van der Waals surface area contributed by atoms with Crippen LogP contribution in [-0.4, -0.2) is 9.78 Å². The third-order valence-electron chi connectivity index (χ3n) is 5.10. The van der Waals surface area contributed by atoms with Crippen LogP contribution >= 0.6 is 0 Å². The molecule has 3 rings (SSSR count). The molecule has 1 aromatic carbocycles. The smallest absolute Gasteiger partial charge is 0.0644 e. The molecular weight excluding hydrogens is 270 g/mol. The molecule has 1 aliphatic rings. The molecule has 2 aromatic rings. The number of nitrogens with zero attached hydrogens (tertiary/aromatic N) is 2. The zero-order chi connectivity index (χ0) is 15.9. The van der Waals surface area contributed by atoms with Gasteiger partial charge in [0.2, 0.25) is 0 Å². The van der Waals surface area contributed by atoms with Crippen molar-refractivity contribution in [1.29, 1.82) is 0 Å². The maximum Gasteiger partial charge on any atom is 0.0644 e. The number of rotatable bonds is 4. The minimum atomic E-state index is 0.380. The minimum absolute atomic E-state index is 0.380. The highest BCUT2D eigenvalue weighted by Crippen LogP contribution is 2.35. The van der Waals surface area contributed by atoms with Gasteiger partial charge in [-0.2, -0.15) is 5.10 Å². The van der Waals surface area contributed by atoms with Crippen LogP contribution in [0.3, 0.4) is 0 Å². The van der Waals surface area contributed by atoms with Crippen molar-refractivity contribution in [2.75, 3.05) is 0 Å². The van der Waals surface area contributed by atoms with E-state index in [0.29, 0.717) is 12.1 Å². The molecule has 0 saturated heterocycles. The number of aryl methyl sites for hydroxylation is 4. The lowest BCUT2D eigenvalue weighted by atomic mass is 9.99. The average molecular weight is 297 g/mol. The van der Waals surface area contributed by atoms with Crippen LogP contribution < -0.4 is 5.32 Å². The summed E-state index contributed by atoms with van der Waals surface area (Å²) in [6, 6.07) is 7.74. The molecule has 0 aliphatic heterocycles. The van der Waals surface area contributed by atoms with Gasteiger partial charge in [0.05, 0.1) is 5.69 Å². The highest BCUT2D eigenvalue weighted by Gasteiger charge is 2.27. The molecule has 22 heavy (non-hydrogen) atoms. The first-order valence-corrected chi connectivity index (χ1v) is 8.36. The van der Waals surface area contributed by atoms with E-state index in [4.69, 9.17) is 0 Å². The number of hydrogen-bond donors (Lipinski definition) is 1. The molecule has 1 aromatic heterocycles. The molecular formula is C19H27N3. The molecule has 0 unspecified atom stereocenters. The van der Waals surface area contributed by atoms with E-state index in [0.717, 1.165) is 12.1 Å². The van der Waals surface area contributed by atoms with Crippen LogP contribution in [0, 0.1) is 20.8 Å². The largest absolute Gasteiger partial charge is 0.303 e. The molecule has 0 saturated carbocycles. The van der Waals surface area contributed by atoms with Gasteiger partial charge in [-0.3, -0.25) is 4.68 Å². The van der Waals surface area contributed by atoms with E-state index in [9.17, 15) is 0 Å². The third kappa shape index (κ3) is 2.58. The quantitative estimate of drug-likeness (QED) is 0.922. The van der Waals surface area contributed by atoms with Gasteiger partial charge in [0.1, 0.15) is 0 Å². The second-order valence-corrected chi connectivity index (χ2v) is 6.63. The third-order valence-corrected chi connectivity index (χ3v) is 5.10. The van der Waals surface area contributed by atoms with Crippen LogP contribution in [0.2, 0.25) is 0 Å². The molecule has 2 atom stereocenters. The van der Waals surface area contributed by atoms with Gasteiger partial charge in [0.15, 0.2) is 0 Å². The number of benzene rings is 1. The summed E-state index contributed by atoms with van der Waals surface area (Å²) in [4.78, 5) is 0. The number of fused-ring (bicyclic) bond motifs is 1. The standard InChI is InChI=1S/C19H27N3/c1-6-17(19-13(3)21-22(5)14(19)4)20-18-10-9-15-8-7-12(2)11-16(15)18/h7-8,11,17-18,20H,6,9-10H2,1-5H3/t17-,18-/m0/s1. The Morgan fingerprint density at radius 3 is 2.73 bits per heavy atom. The van der Waals surface area contributed by atoms with Gasteiger partial charge in [-0.1, -0.05) is 30.7 Å². The van der Waals surface area contributed by atoms with Crippen molar-refractivity contribution in [2.24, 2.45) is 7.05 Å². The van der Waals surface area contributed by atoms with Crippen molar-refractivity contribution in [2.45, 2.75) is 59.0 Å². The predicted octanol–water partition coefficient (Wildman–Crippen LogP) is 4.07. The normalized spacial score (nSPS) is 18.5. The first-order chi connectivity index (χ1) is 10.5. The summed E-state index contributed by atoms with van der Waals surface area (Å²) in [5.74, 6) is 0. The fraction of sp³-hybridized carbons (Fsp3) is 0.526. The number of hydrogen-bond acceptors (Lipinski definition) is 2. The Bertz CT molecular complexity index is 684. The van der Waals surface area contributed by atoms with E-state index >= 15 is 0 Å². The molecule has 1 N–H and O–H groups in total. The second-order valence-electron chi connectivity index (χ2n) is 6.63. The van der Waals surface area contributed by atoms with Crippen molar-refractivity contribution in [3.8, 4) is 0 Å². The maximum atomic E-state index is 4.59. The van der Waals surface area contributed by atoms with Crippen LogP contribution in [0.15, 0.2) is 18.2 Å². The lowest BCUT2D eigenvalue weighted by molar-refractivity contribution is 0.430. The van der Waals surface area contributed by atoms with Crippen molar-refractivity contribution in [3.63, 3.8) is 0 Å². The van der Waals surface area contributed by atoms with Gasteiger partial charge >= 0.3 is 0 Å². The minimum Gasteiger partial charge on any atom is -0.303 e. The number of nitrogens with one attached hydrogen (secondary N) is 1. The van der Waals surface area contributed by atoms with Crippen LogP contribution in [0.5, 0.6) is 0 Å². The van der Waals surface area contributed by atoms with Gasteiger partial charge < -0.3 is 5.32 Å². The van der Waals surface area contributed by atoms with Gasteiger partial charge in [-0.25, -0.2) is 0 Å². The molecule has 0 spiro atoms. The fourth-order valence-corrected chi connectivity index (χ4v) is 3.84. The molecule has 0 fully saturated rings. The molecule has 3 nitrogen and oxygen atoms in total. The van der Waals surface area contributed by atoms with Crippen molar-refractivity contribution < 1.29 is 0 Å². The molecule has 1 heterocycles. The summed E-state index contributed by atoms with van der Waals surface area (Å²) in [5, 5.41) is 8.50. The van der Waals surface area contributed by atoms with Crippen molar-refractivity contribution in [3.05, 3.63) is 51.8 Å². The summed E-state index contributed by atoms with van der Waals surface area (Å²) < 4.78 is 2.00. The summed E-state index contributed by atoms with van der Waals surface area (Å²) in [5.41, 5.74) is 8.18. The van der Waals surface area contributed by atoms with Gasteiger partial charge in [-0.15, -0.1) is 0 Å². The molecule has 0 radical (unpaired) electrons. The summed E-state index contributed by atoms with van der Waals surface area (Å²) in [7, 11) is 2.03. The zero-order valence-corrected chi connectivity index (χ0v) is 14.4. The van der Waals surface area contributed by atoms with E-state index < -0.39 is 0 Å². The van der Waals surface area contributed by atoms with Gasteiger partial charge in [-0.05, 0) is 51.2 Å². The fourth-order valence-electron chi connectivity index (χ4n) is 3.84. The first kappa shape index (κ1) is 15.3. The van der Waals surface area contributed by atoms with Crippen molar-refractivity contribution >= 4 is 0 Å². The molecule has 118 valence electrons. The second kappa shape index (κ2) is 5.88. The molecule has 1 aliphatic carbocycles. The Labute approximate surface area is 133 Å².